The molecule has 2 heterocycles. The predicted molar refractivity (Wildman–Crippen MR) is 74.4 cm³/mol. The van der Waals surface area contributed by atoms with Crippen molar-refractivity contribution in [3.63, 3.8) is 0 Å². The normalized spacial score (nSPS) is 18.8. The van der Waals surface area contributed by atoms with Gasteiger partial charge in [0.1, 0.15) is 0 Å². The SMILES string of the molecule is CC(C)N(CC1CCCN1)c1ncccc1[N+](=O)[O-]. The van der Waals surface area contributed by atoms with Gasteiger partial charge in [-0.3, -0.25) is 10.1 Å². The van der Waals surface area contributed by atoms with Crippen molar-refractivity contribution in [3.8, 4) is 0 Å². The fraction of sp³-hybridized carbons (Fsp3) is 0.615. The molecule has 1 saturated heterocycles. The van der Waals surface area contributed by atoms with Crippen LogP contribution < -0.4 is 10.2 Å². The van der Waals surface area contributed by atoms with Gasteiger partial charge >= 0.3 is 5.69 Å². The molecule has 0 amide bonds. The third-order valence-electron chi connectivity index (χ3n) is 3.44. The lowest BCUT2D eigenvalue weighted by Gasteiger charge is -2.30. The highest BCUT2D eigenvalue weighted by Gasteiger charge is 2.26. The zero-order valence-electron chi connectivity index (χ0n) is 11.4. The van der Waals surface area contributed by atoms with Crippen molar-refractivity contribution in [3.05, 3.63) is 28.4 Å². The summed E-state index contributed by atoms with van der Waals surface area (Å²) in [6, 6.07) is 3.69. The molecule has 1 N–H and O–H groups in total. The van der Waals surface area contributed by atoms with Crippen molar-refractivity contribution < 1.29 is 4.92 Å². The van der Waals surface area contributed by atoms with Crippen molar-refractivity contribution in [1.82, 2.24) is 10.3 Å². The summed E-state index contributed by atoms with van der Waals surface area (Å²) in [7, 11) is 0. The van der Waals surface area contributed by atoms with E-state index in [1.54, 1.807) is 12.3 Å². The maximum absolute atomic E-state index is 11.1. The lowest BCUT2D eigenvalue weighted by molar-refractivity contribution is -0.384. The van der Waals surface area contributed by atoms with Gasteiger partial charge in [0.05, 0.1) is 4.92 Å². The van der Waals surface area contributed by atoms with Crippen LogP contribution in [0.2, 0.25) is 0 Å². The molecule has 0 aromatic carbocycles. The Balaban J connectivity index is 2.25. The van der Waals surface area contributed by atoms with Crippen LogP contribution in [0.4, 0.5) is 11.5 Å². The van der Waals surface area contributed by atoms with E-state index in [2.05, 4.69) is 10.3 Å². The van der Waals surface area contributed by atoms with E-state index < -0.39 is 0 Å². The molecule has 1 aromatic heterocycles. The van der Waals surface area contributed by atoms with E-state index in [0.717, 1.165) is 19.5 Å². The van der Waals surface area contributed by atoms with Gasteiger partial charge in [-0.1, -0.05) is 0 Å². The first kappa shape index (κ1) is 13.7. The van der Waals surface area contributed by atoms with Crippen molar-refractivity contribution in [2.24, 2.45) is 0 Å². The molecule has 1 fully saturated rings. The minimum Gasteiger partial charge on any atom is -0.347 e. The van der Waals surface area contributed by atoms with E-state index in [4.69, 9.17) is 0 Å². The standard InChI is InChI=1S/C13H20N4O2/c1-10(2)16(9-11-5-3-7-14-11)13-12(17(18)19)6-4-8-15-13/h4,6,8,10-11,14H,3,5,7,9H2,1-2H3. The molecule has 0 saturated carbocycles. The second-order valence-electron chi connectivity index (χ2n) is 5.14. The number of nitrogens with one attached hydrogen (secondary N) is 1. The average Bonchev–Trinajstić information content (AvgIpc) is 2.88. The number of aromatic nitrogens is 1. The number of hydrogen-bond donors (Lipinski definition) is 1. The second kappa shape index (κ2) is 5.97. The molecule has 0 bridgehead atoms. The van der Waals surface area contributed by atoms with E-state index in [-0.39, 0.29) is 16.7 Å². The van der Waals surface area contributed by atoms with E-state index in [1.807, 2.05) is 18.7 Å². The van der Waals surface area contributed by atoms with E-state index in [9.17, 15) is 10.1 Å². The lowest BCUT2D eigenvalue weighted by Crippen LogP contribution is -2.42. The smallest absolute Gasteiger partial charge is 0.311 e. The minimum absolute atomic E-state index is 0.0780. The van der Waals surface area contributed by atoms with Crippen molar-refractivity contribution in [2.75, 3.05) is 18.0 Å². The molecule has 0 spiro atoms. The maximum Gasteiger partial charge on any atom is 0.311 e. The Morgan fingerprint density at radius 3 is 3.00 bits per heavy atom. The molecule has 1 aliphatic heterocycles. The van der Waals surface area contributed by atoms with E-state index in [0.29, 0.717) is 11.9 Å². The van der Waals surface area contributed by atoms with Crippen LogP contribution in [0.5, 0.6) is 0 Å². The molecule has 19 heavy (non-hydrogen) atoms. The third-order valence-corrected chi connectivity index (χ3v) is 3.44. The molecule has 104 valence electrons. The van der Waals surface area contributed by atoms with Gasteiger partial charge in [-0.25, -0.2) is 4.98 Å². The van der Waals surface area contributed by atoms with Crippen LogP contribution in [-0.2, 0) is 0 Å². The van der Waals surface area contributed by atoms with Crippen molar-refractivity contribution >= 4 is 11.5 Å². The van der Waals surface area contributed by atoms with Gasteiger partial charge in [0.15, 0.2) is 0 Å². The number of nitro groups is 1. The van der Waals surface area contributed by atoms with E-state index >= 15 is 0 Å². The van der Waals surface area contributed by atoms with Gasteiger partial charge in [-0.15, -0.1) is 0 Å². The summed E-state index contributed by atoms with van der Waals surface area (Å²) in [6.45, 7) is 5.86. The Labute approximate surface area is 113 Å². The van der Waals surface area contributed by atoms with Crippen LogP contribution in [0.25, 0.3) is 0 Å². The number of rotatable bonds is 5. The average molecular weight is 264 g/mol. The van der Waals surface area contributed by atoms with E-state index in [1.165, 1.54) is 12.5 Å². The summed E-state index contributed by atoms with van der Waals surface area (Å²) in [5.41, 5.74) is 0.0780. The quantitative estimate of drug-likeness (QED) is 0.650. The highest BCUT2D eigenvalue weighted by Crippen LogP contribution is 2.27. The van der Waals surface area contributed by atoms with Crippen molar-refractivity contribution in [1.29, 1.82) is 0 Å². The number of hydrogen-bond acceptors (Lipinski definition) is 5. The van der Waals surface area contributed by atoms with Crippen LogP contribution >= 0.6 is 0 Å². The first-order valence-electron chi connectivity index (χ1n) is 6.69. The summed E-state index contributed by atoms with van der Waals surface area (Å²) >= 11 is 0. The summed E-state index contributed by atoms with van der Waals surface area (Å²) in [5.74, 6) is 0.469. The fourth-order valence-electron chi connectivity index (χ4n) is 2.44. The molecule has 0 radical (unpaired) electrons. The molecule has 6 heteroatoms. The van der Waals surface area contributed by atoms with Gasteiger partial charge in [0, 0.05) is 30.9 Å². The fourth-order valence-corrected chi connectivity index (χ4v) is 2.44. The Kier molecular flexibility index (Phi) is 4.31. The summed E-state index contributed by atoms with van der Waals surface area (Å²) in [5, 5.41) is 14.5. The topological polar surface area (TPSA) is 71.3 Å². The van der Waals surface area contributed by atoms with Crippen LogP contribution in [-0.4, -0.2) is 35.1 Å². The van der Waals surface area contributed by atoms with Crippen LogP contribution in [0.3, 0.4) is 0 Å². The van der Waals surface area contributed by atoms with Crippen LogP contribution in [0.1, 0.15) is 26.7 Å². The Hall–Kier alpha value is -1.69. The largest absolute Gasteiger partial charge is 0.347 e. The molecule has 6 nitrogen and oxygen atoms in total. The molecule has 1 aromatic rings. The number of nitrogens with zero attached hydrogens (tertiary/aromatic N) is 3. The lowest BCUT2D eigenvalue weighted by atomic mass is 10.2. The second-order valence-corrected chi connectivity index (χ2v) is 5.14. The first-order valence-corrected chi connectivity index (χ1v) is 6.69. The highest BCUT2D eigenvalue weighted by atomic mass is 16.6. The minimum atomic E-state index is -0.361. The molecule has 0 aliphatic carbocycles. The zero-order chi connectivity index (χ0) is 13.8. The molecule has 1 unspecified atom stereocenters. The summed E-state index contributed by atoms with van der Waals surface area (Å²) in [6.07, 6.45) is 3.89. The van der Waals surface area contributed by atoms with Crippen molar-refractivity contribution in [2.45, 2.75) is 38.8 Å². The zero-order valence-corrected chi connectivity index (χ0v) is 11.4. The molecule has 1 aliphatic rings. The molecule has 1 atom stereocenters. The van der Waals surface area contributed by atoms with Gasteiger partial charge in [-0.05, 0) is 39.3 Å². The monoisotopic (exact) mass is 264 g/mol. The van der Waals surface area contributed by atoms with Crippen LogP contribution in [0.15, 0.2) is 18.3 Å². The molecular weight excluding hydrogens is 244 g/mol. The number of anilines is 1. The molecule has 2 rings (SSSR count). The van der Waals surface area contributed by atoms with Crippen LogP contribution in [0, 0.1) is 10.1 Å². The van der Waals surface area contributed by atoms with Gasteiger partial charge in [-0.2, -0.15) is 0 Å². The van der Waals surface area contributed by atoms with Gasteiger partial charge in [0.2, 0.25) is 5.82 Å². The predicted octanol–water partition coefficient (Wildman–Crippen LogP) is 1.96. The molecular formula is C13H20N4O2. The Bertz CT molecular complexity index is 444. The van der Waals surface area contributed by atoms with Gasteiger partial charge in [0.25, 0.3) is 0 Å². The summed E-state index contributed by atoms with van der Waals surface area (Å²) < 4.78 is 0. The number of pyridine rings is 1. The highest BCUT2D eigenvalue weighted by molar-refractivity contribution is 5.57. The van der Waals surface area contributed by atoms with Gasteiger partial charge < -0.3 is 10.2 Å². The first-order chi connectivity index (χ1) is 9.09. The maximum atomic E-state index is 11.1. The Morgan fingerprint density at radius 2 is 2.42 bits per heavy atom. The summed E-state index contributed by atoms with van der Waals surface area (Å²) in [4.78, 5) is 17.0. The Morgan fingerprint density at radius 1 is 1.63 bits per heavy atom. The third kappa shape index (κ3) is 3.20.